The van der Waals surface area contributed by atoms with Gasteiger partial charge in [-0.1, -0.05) is 11.6 Å². The predicted octanol–water partition coefficient (Wildman–Crippen LogP) is 2.54. The van der Waals surface area contributed by atoms with Crippen molar-refractivity contribution in [2.24, 2.45) is 0 Å². The first-order valence-electron chi connectivity index (χ1n) is 6.43. The van der Waals surface area contributed by atoms with Crippen molar-refractivity contribution >= 4 is 23.1 Å². The van der Waals surface area contributed by atoms with Gasteiger partial charge in [-0.05, 0) is 38.9 Å². The predicted molar refractivity (Wildman–Crippen MR) is 74.7 cm³/mol. The van der Waals surface area contributed by atoms with Gasteiger partial charge in [0.05, 0.1) is 9.95 Å². The Morgan fingerprint density at radius 3 is 2.89 bits per heavy atom. The number of anilines is 1. The molecule has 104 valence electrons. The molecule has 1 aromatic heterocycles. The number of rotatable bonds is 6. The lowest BCUT2D eigenvalue weighted by Gasteiger charge is -2.14. The number of nitrogens with one attached hydrogen (secondary N) is 1. The topological polar surface area (TPSA) is 71.3 Å². The third kappa shape index (κ3) is 4.04. The van der Waals surface area contributed by atoms with E-state index in [9.17, 15) is 10.1 Å². The monoisotopic (exact) mass is 284 g/mol. The second-order valence-corrected chi connectivity index (χ2v) is 5.04. The van der Waals surface area contributed by atoms with Gasteiger partial charge >= 0.3 is 5.69 Å². The fourth-order valence-electron chi connectivity index (χ4n) is 2.22. The first kappa shape index (κ1) is 14.0. The van der Waals surface area contributed by atoms with Gasteiger partial charge in [-0.15, -0.1) is 0 Å². The summed E-state index contributed by atoms with van der Waals surface area (Å²) in [5.74, 6) is 0.288. The van der Waals surface area contributed by atoms with Crippen LogP contribution in [0.5, 0.6) is 0 Å². The smallest absolute Gasteiger partial charge is 0.312 e. The molecule has 1 N–H and O–H groups in total. The van der Waals surface area contributed by atoms with Gasteiger partial charge in [0, 0.05) is 18.8 Å². The van der Waals surface area contributed by atoms with E-state index in [2.05, 4.69) is 15.2 Å². The Morgan fingerprint density at radius 1 is 1.47 bits per heavy atom. The maximum atomic E-state index is 10.9. The highest BCUT2D eigenvalue weighted by Crippen LogP contribution is 2.24. The Kier molecular flexibility index (Phi) is 4.93. The Labute approximate surface area is 116 Å². The van der Waals surface area contributed by atoms with E-state index >= 15 is 0 Å². The van der Waals surface area contributed by atoms with Crippen molar-refractivity contribution in [3.8, 4) is 0 Å². The van der Waals surface area contributed by atoms with E-state index in [-0.39, 0.29) is 16.5 Å². The van der Waals surface area contributed by atoms with Gasteiger partial charge in [-0.3, -0.25) is 10.1 Å². The summed E-state index contributed by atoms with van der Waals surface area (Å²) in [5.41, 5.74) is -0.0753. The van der Waals surface area contributed by atoms with Gasteiger partial charge in [-0.25, -0.2) is 4.98 Å². The van der Waals surface area contributed by atoms with E-state index in [0.29, 0.717) is 6.54 Å². The summed E-state index contributed by atoms with van der Waals surface area (Å²) in [6, 6.07) is 1.32. The third-order valence-electron chi connectivity index (χ3n) is 3.17. The van der Waals surface area contributed by atoms with Gasteiger partial charge in [0.2, 0.25) is 5.82 Å². The molecule has 0 aliphatic carbocycles. The van der Waals surface area contributed by atoms with E-state index < -0.39 is 4.92 Å². The molecular formula is C12H17ClN4O2. The van der Waals surface area contributed by atoms with Crippen LogP contribution in [0.15, 0.2) is 12.3 Å². The molecule has 0 saturated carbocycles. The number of hydrogen-bond donors (Lipinski definition) is 1. The van der Waals surface area contributed by atoms with Crippen molar-refractivity contribution in [1.82, 2.24) is 9.88 Å². The van der Waals surface area contributed by atoms with Crippen LogP contribution in [0.4, 0.5) is 11.5 Å². The first-order valence-corrected chi connectivity index (χ1v) is 6.81. The van der Waals surface area contributed by atoms with Crippen LogP contribution >= 0.6 is 11.6 Å². The average molecular weight is 285 g/mol. The quantitative estimate of drug-likeness (QED) is 0.494. The molecule has 1 aliphatic heterocycles. The van der Waals surface area contributed by atoms with Crippen LogP contribution in [0, 0.1) is 10.1 Å². The minimum atomic E-state index is -0.471. The van der Waals surface area contributed by atoms with Gasteiger partial charge in [0.1, 0.15) is 0 Å². The lowest BCUT2D eigenvalue weighted by Crippen LogP contribution is -2.22. The van der Waals surface area contributed by atoms with Gasteiger partial charge in [-0.2, -0.15) is 0 Å². The zero-order valence-electron chi connectivity index (χ0n) is 10.6. The van der Waals surface area contributed by atoms with Crippen LogP contribution < -0.4 is 5.32 Å². The number of aromatic nitrogens is 1. The highest BCUT2D eigenvalue weighted by Gasteiger charge is 2.16. The van der Waals surface area contributed by atoms with E-state index in [0.717, 1.165) is 13.0 Å². The van der Waals surface area contributed by atoms with Crippen molar-refractivity contribution in [1.29, 1.82) is 0 Å². The molecule has 19 heavy (non-hydrogen) atoms. The molecule has 2 heterocycles. The Balaban J connectivity index is 1.83. The molecule has 0 radical (unpaired) electrons. The number of hydrogen-bond acceptors (Lipinski definition) is 5. The largest absolute Gasteiger partial charge is 0.364 e. The standard InChI is InChI=1S/C12H17ClN4O2/c13-10-8-11(17(18)19)12(15-9-10)14-4-3-7-16-5-1-2-6-16/h8-9H,1-7H2,(H,14,15). The van der Waals surface area contributed by atoms with E-state index in [1.165, 1.54) is 38.2 Å². The maximum Gasteiger partial charge on any atom is 0.312 e. The molecule has 0 unspecified atom stereocenters. The van der Waals surface area contributed by atoms with Crippen molar-refractivity contribution in [2.45, 2.75) is 19.3 Å². The molecule has 7 heteroatoms. The van der Waals surface area contributed by atoms with Gasteiger partial charge in [0.25, 0.3) is 0 Å². The zero-order chi connectivity index (χ0) is 13.7. The van der Waals surface area contributed by atoms with Crippen molar-refractivity contribution in [3.05, 3.63) is 27.4 Å². The number of halogens is 1. The van der Waals surface area contributed by atoms with Crippen LogP contribution in [0.1, 0.15) is 19.3 Å². The SMILES string of the molecule is O=[N+]([O-])c1cc(Cl)cnc1NCCCN1CCCC1. The van der Waals surface area contributed by atoms with E-state index in [1.54, 1.807) is 0 Å². The van der Waals surface area contributed by atoms with Gasteiger partial charge < -0.3 is 10.2 Å². The molecule has 0 atom stereocenters. The summed E-state index contributed by atoms with van der Waals surface area (Å²) in [7, 11) is 0. The lowest BCUT2D eigenvalue weighted by atomic mass is 10.3. The fraction of sp³-hybridized carbons (Fsp3) is 0.583. The van der Waals surface area contributed by atoms with E-state index in [4.69, 9.17) is 11.6 Å². The second kappa shape index (κ2) is 6.68. The second-order valence-electron chi connectivity index (χ2n) is 4.61. The summed E-state index contributed by atoms with van der Waals surface area (Å²) in [4.78, 5) is 16.8. The summed E-state index contributed by atoms with van der Waals surface area (Å²) >= 11 is 5.71. The fourth-order valence-corrected chi connectivity index (χ4v) is 2.37. The molecule has 2 rings (SSSR count). The average Bonchev–Trinajstić information content (AvgIpc) is 2.89. The molecule has 1 aromatic rings. The normalized spacial score (nSPS) is 15.6. The molecular weight excluding hydrogens is 268 g/mol. The molecule has 1 fully saturated rings. The van der Waals surface area contributed by atoms with Crippen LogP contribution in [-0.4, -0.2) is 41.0 Å². The van der Waals surface area contributed by atoms with Gasteiger partial charge in [0.15, 0.2) is 0 Å². The first-order chi connectivity index (χ1) is 9.16. The van der Waals surface area contributed by atoms with E-state index in [1.807, 2.05) is 0 Å². The number of pyridine rings is 1. The Morgan fingerprint density at radius 2 is 2.21 bits per heavy atom. The molecule has 0 aromatic carbocycles. The summed E-state index contributed by atoms with van der Waals surface area (Å²) < 4.78 is 0. The zero-order valence-corrected chi connectivity index (χ0v) is 11.4. The molecule has 1 saturated heterocycles. The molecule has 0 bridgehead atoms. The Hall–Kier alpha value is -1.40. The van der Waals surface area contributed by atoms with Crippen molar-refractivity contribution in [3.63, 3.8) is 0 Å². The lowest BCUT2D eigenvalue weighted by molar-refractivity contribution is -0.384. The maximum absolute atomic E-state index is 10.9. The number of nitro groups is 1. The van der Waals surface area contributed by atoms with Crippen LogP contribution in [0.2, 0.25) is 5.02 Å². The third-order valence-corrected chi connectivity index (χ3v) is 3.38. The highest BCUT2D eigenvalue weighted by molar-refractivity contribution is 6.30. The highest BCUT2D eigenvalue weighted by atomic mass is 35.5. The minimum absolute atomic E-state index is 0.0753. The summed E-state index contributed by atoms with van der Waals surface area (Å²) in [5, 5.41) is 14.2. The molecule has 0 spiro atoms. The van der Waals surface area contributed by atoms with Crippen LogP contribution in [0.3, 0.4) is 0 Å². The molecule has 1 aliphatic rings. The summed E-state index contributed by atoms with van der Waals surface area (Å²) in [6.07, 6.45) is 4.91. The van der Waals surface area contributed by atoms with Crippen LogP contribution in [-0.2, 0) is 0 Å². The Bertz CT molecular complexity index is 449. The summed E-state index contributed by atoms with van der Waals surface area (Å²) in [6.45, 7) is 4.03. The number of likely N-dealkylation sites (tertiary alicyclic amines) is 1. The molecule has 0 amide bonds. The van der Waals surface area contributed by atoms with Crippen molar-refractivity contribution < 1.29 is 4.92 Å². The molecule has 6 nitrogen and oxygen atoms in total. The minimum Gasteiger partial charge on any atom is -0.364 e. The number of nitrogens with zero attached hydrogens (tertiary/aromatic N) is 3. The van der Waals surface area contributed by atoms with Crippen molar-refractivity contribution in [2.75, 3.05) is 31.5 Å². The van der Waals surface area contributed by atoms with Crippen LogP contribution in [0.25, 0.3) is 0 Å².